The summed E-state index contributed by atoms with van der Waals surface area (Å²) in [5.41, 5.74) is 0.565. The Hall–Kier alpha value is -3.00. The van der Waals surface area contributed by atoms with Crippen LogP contribution in [0, 0.1) is 0 Å². The summed E-state index contributed by atoms with van der Waals surface area (Å²) in [5.74, 6) is -0.936. The third-order valence-electron chi connectivity index (χ3n) is 3.13. The smallest absolute Gasteiger partial charge is 0.335 e. The van der Waals surface area contributed by atoms with Crippen LogP contribution >= 0.6 is 0 Å². The Morgan fingerprint density at radius 2 is 1.78 bits per heavy atom. The molecule has 1 N–H and O–H groups in total. The molecule has 0 saturated heterocycles. The van der Waals surface area contributed by atoms with Gasteiger partial charge in [-0.1, -0.05) is 36.4 Å². The Labute approximate surface area is 131 Å². The van der Waals surface area contributed by atoms with E-state index in [1.54, 1.807) is 24.3 Å². The van der Waals surface area contributed by atoms with E-state index in [4.69, 9.17) is 5.11 Å². The monoisotopic (exact) mass is 329 g/mol. The van der Waals surface area contributed by atoms with Crippen LogP contribution in [0.3, 0.4) is 0 Å². The van der Waals surface area contributed by atoms with Crippen LogP contribution in [0.4, 0.5) is 0 Å². The molecular formula is C15H11N3O4S. The predicted molar refractivity (Wildman–Crippen MR) is 81.4 cm³/mol. The summed E-state index contributed by atoms with van der Waals surface area (Å²) >= 11 is 0. The van der Waals surface area contributed by atoms with E-state index in [1.165, 1.54) is 18.2 Å². The highest BCUT2D eigenvalue weighted by Gasteiger charge is 2.20. The summed E-state index contributed by atoms with van der Waals surface area (Å²) in [7, 11) is -4.00. The van der Waals surface area contributed by atoms with Crippen molar-refractivity contribution >= 4 is 16.0 Å². The number of hydrogen-bond acceptors (Lipinski definition) is 5. The van der Waals surface area contributed by atoms with E-state index in [2.05, 4.69) is 10.1 Å². The summed E-state index contributed by atoms with van der Waals surface area (Å²) < 4.78 is 25.8. The van der Waals surface area contributed by atoms with Crippen molar-refractivity contribution in [3.63, 3.8) is 0 Å². The third-order valence-corrected chi connectivity index (χ3v) is 4.65. The van der Waals surface area contributed by atoms with Crippen molar-refractivity contribution in [2.45, 2.75) is 4.90 Å². The van der Waals surface area contributed by atoms with Crippen LogP contribution in [0.25, 0.3) is 11.4 Å². The molecule has 7 nitrogen and oxygen atoms in total. The Morgan fingerprint density at radius 3 is 2.48 bits per heavy atom. The van der Waals surface area contributed by atoms with Gasteiger partial charge < -0.3 is 5.11 Å². The number of carboxylic acid groups (broad SMARTS) is 1. The number of hydrogen-bond donors (Lipinski definition) is 1. The van der Waals surface area contributed by atoms with Crippen molar-refractivity contribution in [3.8, 4) is 11.4 Å². The van der Waals surface area contributed by atoms with E-state index < -0.39 is 16.0 Å². The first kappa shape index (κ1) is 14.9. The minimum atomic E-state index is -4.00. The lowest BCUT2D eigenvalue weighted by Gasteiger charge is -2.04. The average molecular weight is 329 g/mol. The van der Waals surface area contributed by atoms with Crippen LogP contribution in [-0.2, 0) is 10.0 Å². The third kappa shape index (κ3) is 2.84. The first-order chi connectivity index (χ1) is 11.0. The van der Waals surface area contributed by atoms with Crippen molar-refractivity contribution in [1.82, 2.24) is 14.2 Å². The Balaban J connectivity index is 2.03. The number of aromatic carboxylic acids is 1. The molecule has 0 radical (unpaired) electrons. The molecule has 3 rings (SSSR count). The molecule has 0 aliphatic heterocycles. The van der Waals surface area contributed by atoms with Gasteiger partial charge in [0.15, 0.2) is 5.82 Å². The fourth-order valence-corrected chi connectivity index (χ4v) is 3.08. The largest absolute Gasteiger partial charge is 0.478 e. The molecule has 0 fully saturated rings. The zero-order valence-electron chi connectivity index (χ0n) is 11.7. The Morgan fingerprint density at radius 1 is 1.04 bits per heavy atom. The molecule has 0 aliphatic carbocycles. The van der Waals surface area contributed by atoms with Gasteiger partial charge in [0, 0.05) is 5.56 Å². The highest BCUT2D eigenvalue weighted by molar-refractivity contribution is 7.89. The van der Waals surface area contributed by atoms with Crippen molar-refractivity contribution in [1.29, 1.82) is 0 Å². The van der Waals surface area contributed by atoms with Crippen molar-refractivity contribution < 1.29 is 18.3 Å². The van der Waals surface area contributed by atoms with E-state index >= 15 is 0 Å². The average Bonchev–Trinajstić information content (AvgIpc) is 3.06. The number of carboxylic acids is 1. The molecule has 0 saturated carbocycles. The van der Waals surface area contributed by atoms with Crippen molar-refractivity contribution in [2.75, 3.05) is 0 Å². The number of rotatable bonds is 4. The summed E-state index contributed by atoms with van der Waals surface area (Å²) in [6.45, 7) is 0. The van der Waals surface area contributed by atoms with Gasteiger partial charge in [-0.3, -0.25) is 0 Å². The van der Waals surface area contributed by atoms with Crippen molar-refractivity contribution in [3.05, 3.63) is 66.5 Å². The molecule has 116 valence electrons. The zero-order valence-corrected chi connectivity index (χ0v) is 12.5. The van der Waals surface area contributed by atoms with Gasteiger partial charge >= 0.3 is 5.97 Å². The zero-order chi connectivity index (χ0) is 16.4. The maximum atomic E-state index is 12.5. The highest BCUT2D eigenvalue weighted by atomic mass is 32.2. The van der Waals surface area contributed by atoms with E-state index in [0.29, 0.717) is 5.56 Å². The molecule has 0 bridgehead atoms. The number of nitrogens with zero attached hydrogens (tertiary/aromatic N) is 3. The second-order valence-electron chi connectivity index (χ2n) is 4.64. The first-order valence-corrected chi connectivity index (χ1v) is 7.98. The summed E-state index contributed by atoms with van der Waals surface area (Å²) in [4.78, 5) is 14.8. The quantitative estimate of drug-likeness (QED) is 0.784. The van der Waals surface area contributed by atoms with Gasteiger partial charge in [0.2, 0.25) is 0 Å². The van der Waals surface area contributed by atoms with Gasteiger partial charge in [-0.05, 0) is 18.2 Å². The minimum Gasteiger partial charge on any atom is -0.478 e. The standard InChI is InChI=1S/C15H11N3O4S/c19-15(20)12-7-4-8-13(9-12)23(21,22)18-10-16-14(17-18)11-5-2-1-3-6-11/h1-10H,(H,19,20). The second kappa shape index (κ2) is 5.65. The molecule has 1 heterocycles. The van der Waals surface area contributed by atoms with Crippen molar-refractivity contribution in [2.24, 2.45) is 0 Å². The molecule has 23 heavy (non-hydrogen) atoms. The van der Waals surface area contributed by atoms with Crippen LogP contribution in [0.2, 0.25) is 0 Å². The minimum absolute atomic E-state index is 0.116. The summed E-state index contributed by atoms with van der Waals surface area (Å²) in [6.07, 6.45) is 1.09. The van der Waals surface area contributed by atoms with E-state index in [9.17, 15) is 13.2 Å². The molecular weight excluding hydrogens is 318 g/mol. The maximum absolute atomic E-state index is 12.5. The van der Waals surface area contributed by atoms with Crippen LogP contribution in [-0.4, -0.2) is 33.7 Å². The molecule has 0 amide bonds. The lowest BCUT2D eigenvalue weighted by atomic mass is 10.2. The molecule has 2 aromatic carbocycles. The fourth-order valence-electron chi connectivity index (χ4n) is 1.98. The molecule has 0 aliphatic rings. The van der Waals surface area contributed by atoms with Gasteiger partial charge in [0.25, 0.3) is 10.0 Å². The Bertz CT molecular complexity index is 965. The predicted octanol–water partition coefficient (Wildman–Crippen LogP) is 1.88. The molecule has 1 aromatic heterocycles. The maximum Gasteiger partial charge on any atom is 0.335 e. The second-order valence-corrected chi connectivity index (χ2v) is 6.44. The number of benzene rings is 2. The molecule has 3 aromatic rings. The van der Waals surface area contributed by atoms with Crippen LogP contribution < -0.4 is 0 Å². The van der Waals surface area contributed by atoms with Gasteiger partial charge in [-0.15, -0.1) is 9.19 Å². The summed E-state index contributed by atoms with van der Waals surface area (Å²) in [6, 6.07) is 14.0. The highest BCUT2D eigenvalue weighted by Crippen LogP contribution is 2.18. The molecule has 0 spiro atoms. The van der Waals surface area contributed by atoms with Crippen LogP contribution in [0.15, 0.2) is 65.8 Å². The van der Waals surface area contributed by atoms with E-state index in [-0.39, 0.29) is 16.3 Å². The van der Waals surface area contributed by atoms with E-state index in [0.717, 1.165) is 16.5 Å². The normalized spacial score (nSPS) is 11.3. The SMILES string of the molecule is O=C(O)c1cccc(S(=O)(=O)n2cnc(-c3ccccc3)n2)c1. The van der Waals surface area contributed by atoms with Gasteiger partial charge in [-0.2, -0.15) is 8.42 Å². The molecule has 0 unspecified atom stereocenters. The van der Waals surface area contributed by atoms with Crippen LogP contribution in [0.1, 0.15) is 10.4 Å². The molecule has 8 heteroatoms. The number of aromatic nitrogens is 3. The topological polar surface area (TPSA) is 102 Å². The number of carbonyl (C=O) groups is 1. The first-order valence-electron chi connectivity index (χ1n) is 6.54. The lowest BCUT2D eigenvalue weighted by Crippen LogP contribution is -2.14. The van der Waals surface area contributed by atoms with Gasteiger partial charge in [0.05, 0.1) is 10.5 Å². The van der Waals surface area contributed by atoms with Gasteiger partial charge in [-0.25, -0.2) is 9.78 Å². The van der Waals surface area contributed by atoms with E-state index in [1.807, 2.05) is 6.07 Å². The fraction of sp³-hybridized carbons (Fsp3) is 0. The van der Waals surface area contributed by atoms with Gasteiger partial charge in [0.1, 0.15) is 6.33 Å². The molecule has 0 atom stereocenters. The Kier molecular flexibility index (Phi) is 3.67. The lowest BCUT2D eigenvalue weighted by molar-refractivity contribution is 0.0696. The summed E-state index contributed by atoms with van der Waals surface area (Å²) in [5, 5.41) is 12.9. The van der Waals surface area contributed by atoms with Crippen LogP contribution in [0.5, 0.6) is 0 Å².